The Morgan fingerprint density at radius 1 is 1.06 bits per heavy atom. The van der Waals surface area contributed by atoms with E-state index in [1.54, 1.807) is 36.7 Å². The highest BCUT2D eigenvalue weighted by atomic mass is 35.5. The van der Waals surface area contributed by atoms with E-state index in [2.05, 4.69) is 15.4 Å². The number of amides is 1. The van der Waals surface area contributed by atoms with Crippen LogP contribution in [0.25, 0.3) is 17.0 Å². The Balaban J connectivity index is 1.21. The monoisotopic (exact) mass is 473 g/mol. The molecule has 5 aromatic rings. The number of oxazole rings is 1. The highest BCUT2D eigenvalue weighted by molar-refractivity contribution is 6.33. The SMILES string of the molecule is O=C(CCc1ncc(-c2ccccc2Cl)o1)Nc1cccc(Cn2nc3ccccn3c2=O)c1. The van der Waals surface area contributed by atoms with E-state index in [1.807, 2.05) is 42.5 Å². The van der Waals surface area contributed by atoms with Gasteiger partial charge in [-0.15, -0.1) is 5.10 Å². The van der Waals surface area contributed by atoms with Crippen molar-refractivity contribution in [2.75, 3.05) is 5.32 Å². The number of aryl methyl sites for hydroxylation is 1. The molecule has 9 heteroatoms. The number of aromatic nitrogens is 4. The number of carbonyl (C=O) groups is 1. The number of pyridine rings is 1. The molecule has 2 aromatic carbocycles. The van der Waals surface area contributed by atoms with Crippen LogP contribution in [0.3, 0.4) is 0 Å². The molecule has 1 N–H and O–H groups in total. The molecule has 8 nitrogen and oxygen atoms in total. The third-order valence-corrected chi connectivity index (χ3v) is 5.62. The van der Waals surface area contributed by atoms with Gasteiger partial charge < -0.3 is 9.73 Å². The van der Waals surface area contributed by atoms with Gasteiger partial charge >= 0.3 is 5.69 Å². The minimum Gasteiger partial charge on any atom is -0.441 e. The minimum atomic E-state index is -0.216. The number of nitrogens with zero attached hydrogens (tertiary/aromatic N) is 4. The second-order valence-electron chi connectivity index (χ2n) is 7.72. The van der Waals surface area contributed by atoms with Gasteiger partial charge in [-0.1, -0.05) is 41.9 Å². The molecule has 0 aliphatic rings. The lowest BCUT2D eigenvalue weighted by Gasteiger charge is -2.07. The van der Waals surface area contributed by atoms with Gasteiger partial charge in [0, 0.05) is 30.3 Å². The van der Waals surface area contributed by atoms with Crippen molar-refractivity contribution in [2.45, 2.75) is 19.4 Å². The van der Waals surface area contributed by atoms with Gasteiger partial charge in [-0.05, 0) is 42.0 Å². The van der Waals surface area contributed by atoms with Crippen molar-refractivity contribution in [1.29, 1.82) is 0 Å². The molecule has 1 amide bonds. The first-order valence-corrected chi connectivity index (χ1v) is 11.1. The number of benzene rings is 2. The molecule has 0 unspecified atom stereocenters. The molecule has 0 saturated carbocycles. The largest absolute Gasteiger partial charge is 0.441 e. The standard InChI is InChI=1S/C25H20ClN5O3/c26-20-9-2-1-8-19(20)21-15-27-24(34-21)12-11-23(32)28-18-7-5-6-17(14-18)16-31-25(33)30-13-4-3-10-22(30)29-31/h1-10,13-15H,11-12,16H2,(H,28,32). The van der Waals surface area contributed by atoms with E-state index in [-0.39, 0.29) is 18.0 Å². The fourth-order valence-electron chi connectivity index (χ4n) is 3.65. The average Bonchev–Trinajstić information content (AvgIpc) is 3.43. The predicted octanol–water partition coefficient (Wildman–Crippen LogP) is 4.42. The Bertz CT molecular complexity index is 1530. The van der Waals surface area contributed by atoms with Crippen LogP contribution in [0.5, 0.6) is 0 Å². The third-order valence-electron chi connectivity index (χ3n) is 5.29. The van der Waals surface area contributed by atoms with Crippen molar-refractivity contribution in [3.05, 3.63) is 106 Å². The molecule has 5 rings (SSSR count). The molecule has 0 spiro atoms. The van der Waals surface area contributed by atoms with Crippen molar-refractivity contribution < 1.29 is 9.21 Å². The molecule has 0 radical (unpaired) electrons. The lowest BCUT2D eigenvalue weighted by atomic mass is 10.2. The van der Waals surface area contributed by atoms with Gasteiger partial charge in [-0.25, -0.2) is 14.5 Å². The Kier molecular flexibility index (Phi) is 5.97. The fourth-order valence-corrected chi connectivity index (χ4v) is 3.88. The Morgan fingerprint density at radius 2 is 1.91 bits per heavy atom. The van der Waals surface area contributed by atoms with Gasteiger partial charge in [-0.2, -0.15) is 0 Å². The van der Waals surface area contributed by atoms with Gasteiger partial charge in [0.2, 0.25) is 5.91 Å². The second kappa shape index (κ2) is 9.36. The van der Waals surface area contributed by atoms with Crippen LogP contribution < -0.4 is 11.0 Å². The predicted molar refractivity (Wildman–Crippen MR) is 129 cm³/mol. The average molecular weight is 474 g/mol. The zero-order valence-corrected chi connectivity index (χ0v) is 18.8. The summed E-state index contributed by atoms with van der Waals surface area (Å²) in [4.78, 5) is 29.2. The summed E-state index contributed by atoms with van der Waals surface area (Å²) in [5.41, 5.74) is 2.62. The van der Waals surface area contributed by atoms with Crippen molar-refractivity contribution >= 4 is 28.8 Å². The summed E-state index contributed by atoms with van der Waals surface area (Å²) in [6.07, 6.45) is 3.85. The first-order valence-electron chi connectivity index (χ1n) is 10.7. The quantitative estimate of drug-likeness (QED) is 0.377. The van der Waals surface area contributed by atoms with Crippen LogP contribution in [0, 0.1) is 0 Å². The maximum absolute atomic E-state index is 12.5. The van der Waals surface area contributed by atoms with Crippen LogP contribution >= 0.6 is 11.6 Å². The maximum Gasteiger partial charge on any atom is 0.350 e. The molecule has 170 valence electrons. The highest BCUT2D eigenvalue weighted by Gasteiger charge is 2.12. The second-order valence-corrected chi connectivity index (χ2v) is 8.12. The number of halogens is 1. The smallest absolute Gasteiger partial charge is 0.350 e. The summed E-state index contributed by atoms with van der Waals surface area (Å²) < 4.78 is 8.65. The van der Waals surface area contributed by atoms with E-state index < -0.39 is 0 Å². The molecule has 34 heavy (non-hydrogen) atoms. The number of nitrogens with one attached hydrogen (secondary N) is 1. The van der Waals surface area contributed by atoms with Crippen LogP contribution in [0.2, 0.25) is 5.02 Å². The molecule has 0 saturated heterocycles. The van der Waals surface area contributed by atoms with Crippen molar-refractivity contribution in [2.24, 2.45) is 0 Å². The summed E-state index contributed by atoms with van der Waals surface area (Å²) in [5, 5.41) is 7.81. The Morgan fingerprint density at radius 3 is 2.76 bits per heavy atom. The van der Waals surface area contributed by atoms with Crippen LogP contribution in [0.1, 0.15) is 17.9 Å². The fraction of sp³-hybridized carbons (Fsp3) is 0.120. The minimum absolute atomic E-state index is 0.167. The highest BCUT2D eigenvalue weighted by Crippen LogP contribution is 2.28. The summed E-state index contributed by atoms with van der Waals surface area (Å²) in [5.74, 6) is 0.862. The van der Waals surface area contributed by atoms with Gasteiger partial charge in [-0.3, -0.25) is 9.20 Å². The lowest BCUT2D eigenvalue weighted by Crippen LogP contribution is -2.21. The molecule has 0 aliphatic heterocycles. The number of anilines is 1. The number of rotatable bonds is 7. The van der Waals surface area contributed by atoms with E-state index in [4.69, 9.17) is 16.0 Å². The van der Waals surface area contributed by atoms with Crippen LogP contribution in [0.4, 0.5) is 5.69 Å². The molecular formula is C25H20ClN5O3. The molecule has 0 fully saturated rings. The van der Waals surface area contributed by atoms with Gasteiger partial charge in [0.15, 0.2) is 17.3 Å². The van der Waals surface area contributed by atoms with Gasteiger partial charge in [0.25, 0.3) is 0 Å². The Hall–Kier alpha value is -4.17. The van der Waals surface area contributed by atoms with Gasteiger partial charge in [0.05, 0.1) is 17.8 Å². The summed E-state index contributed by atoms with van der Waals surface area (Å²) >= 11 is 6.20. The molecular weight excluding hydrogens is 454 g/mol. The van der Waals surface area contributed by atoms with Crippen molar-refractivity contribution in [1.82, 2.24) is 19.2 Å². The van der Waals surface area contributed by atoms with Crippen LogP contribution in [-0.4, -0.2) is 25.1 Å². The molecule has 0 atom stereocenters. The number of carbonyl (C=O) groups excluding carboxylic acids is 1. The van der Waals surface area contributed by atoms with E-state index in [1.165, 1.54) is 9.08 Å². The Labute approximate surface area is 199 Å². The lowest BCUT2D eigenvalue weighted by molar-refractivity contribution is -0.116. The number of hydrogen-bond donors (Lipinski definition) is 1. The first kappa shape index (κ1) is 21.7. The maximum atomic E-state index is 12.5. The van der Waals surface area contributed by atoms with Crippen LogP contribution in [-0.2, 0) is 17.8 Å². The third kappa shape index (κ3) is 4.62. The topological polar surface area (TPSA) is 94.4 Å². The summed E-state index contributed by atoms with van der Waals surface area (Å²) in [6, 6.07) is 20.1. The number of hydrogen-bond acceptors (Lipinski definition) is 5. The van der Waals surface area contributed by atoms with E-state index in [9.17, 15) is 9.59 Å². The number of fused-ring (bicyclic) bond motifs is 1. The first-order chi connectivity index (χ1) is 16.6. The normalized spacial score (nSPS) is 11.1. The summed E-state index contributed by atoms with van der Waals surface area (Å²) in [7, 11) is 0. The van der Waals surface area contributed by atoms with Gasteiger partial charge in [0.1, 0.15) is 0 Å². The van der Waals surface area contributed by atoms with E-state index >= 15 is 0 Å². The van der Waals surface area contributed by atoms with E-state index in [0.29, 0.717) is 41.0 Å². The molecule has 3 heterocycles. The molecule has 3 aromatic heterocycles. The zero-order chi connectivity index (χ0) is 23.5. The van der Waals surface area contributed by atoms with E-state index in [0.717, 1.165) is 11.1 Å². The van der Waals surface area contributed by atoms with Crippen LogP contribution in [0.15, 0.2) is 88.3 Å². The van der Waals surface area contributed by atoms with Crippen molar-refractivity contribution in [3.63, 3.8) is 0 Å². The molecule has 0 bridgehead atoms. The summed E-state index contributed by atoms with van der Waals surface area (Å²) in [6.45, 7) is 0.297. The van der Waals surface area contributed by atoms with Crippen molar-refractivity contribution in [3.8, 4) is 11.3 Å². The molecule has 0 aliphatic carbocycles. The zero-order valence-electron chi connectivity index (χ0n) is 18.0.